The second-order valence-electron chi connectivity index (χ2n) is 3.56. The van der Waals surface area contributed by atoms with Crippen molar-refractivity contribution in [2.75, 3.05) is 11.9 Å². The lowest BCUT2D eigenvalue weighted by molar-refractivity contribution is 0.628. The van der Waals surface area contributed by atoms with E-state index in [1.165, 1.54) is 12.1 Å². The zero-order chi connectivity index (χ0) is 12.3. The lowest BCUT2D eigenvalue weighted by Gasteiger charge is -2.17. The van der Waals surface area contributed by atoms with E-state index >= 15 is 0 Å². The third kappa shape index (κ3) is 2.71. The summed E-state index contributed by atoms with van der Waals surface area (Å²) in [6.45, 7) is 0. The molecule has 0 aliphatic carbocycles. The molecule has 5 heteroatoms. The maximum Gasteiger partial charge on any atom is 0.155 e. The summed E-state index contributed by atoms with van der Waals surface area (Å²) in [5.74, 6) is 0.695. The average molecular weight is 252 g/mol. The summed E-state index contributed by atoms with van der Waals surface area (Å²) in [5, 5.41) is 7.97. The molecule has 0 amide bonds. The van der Waals surface area contributed by atoms with E-state index in [-0.39, 0.29) is 5.82 Å². The van der Waals surface area contributed by atoms with Crippen LogP contribution < -0.4 is 4.90 Å². The van der Waals surface area contributed by atoms with Crippen molar-refractivity contribution < 1.29 is 4.39 Å². The Hall–Kier alpha value is -1.68. The van der Waals surface area contributed by atoms with E-state index < -0.39 is 0 Å². The van der Waals surface area contributed by atoms with Crippen LogP contribution in [0.3, 0.4) is 0 Å². The summed E-state index contributed by atoms with van der Waals surface area (Å²) in [4.78, 5) is 1.76. The molecule has 1 heterocycles. The van der Waals surface area contributed by atoms with Crippen LogP contribution in [0.5, 0.6) is 0 Å². The number of hydrogen-bond acceptors (Lipinski definition) is 3. The molecule has 0 N–H and O–H groups in total. The van der Waals surface area contributed by atoms with Crippen LogP contribution >= 0.6 is 11.6 Å². The van der Waals surface area contributed by atoms with Gasteiger partial charge in [-0.25, -0.2) is 4.39 Å². The fourth-order valence-electron chi connectivity index (χ4n) is 1.42. The highest BCUT2D eigenvalue weighted by Gasteiger charge is 2.06. The number of alkyl halides is 1. The second kappa shape index (κ2) is 5.10. The molecule has 0 spiro atoms. The molecule has 0 aliphatic rings. The van der Waals surface area contributed by atoms with Gasteiger partial charge in [0.15, 0.2) is 5.82 Å². The molecule has 0 saturated heterocycles. The fourth-order valence-corrected chi connectivity index (χ4v) is 1.56. The van der Waals surface area contributed by atoms with Crippen LogP contribution in [-0.2, 0) is 5.88 Å². The fraction of sp³-hybridized carbons (Fsp3) is 0.167. The standard InChI is InChI=1S/C12H11ClFN3/c1-17(11-4-2-3-9(14)7-11)12-6-5-10(8-13)15-16-12/h2-7H,8H2,1H3. The van der Waals surface area contributed by atoms with Crippen LogP contribution in [0.4, 0.5) is 15.9 Å². The van der Waals surface area contributed by atoms with E-state index in [4.69, 9.17) is 11.6 Å². The number of aromatic nitrogens is 2. The van der Waals surface area contributed by atoms with E-state index in [2.05, 4.69) is 10.2 Å². The van der Waals surface area contributed by atoms with E-state index in [1.54, 1.807) is 36.2 Å². The van der Waals surface area contributed by atoms with E-state index in [0.29, 0.717) is 17.4 Å². The predicted molar refractivity (Wildman–Crippen MR) is 66.1 cm³/mol. The van der Waals surface area contributed by atoms with Crippen LogP contribution in [0, 0.1) is 5.82 Å². The minimum Gasteiger partial charge on any atom is -0.328 e. The Kier molecular flexibility index (Phi) is 3.54. The summed E-state index contributed by atoms with van der Waals surface area (Å²) < 4.78 is 13.1. The molecule has 0 saturated carbocycles. The Labute approximate surface area is 104 Å². The van der Waals surface area contributed by atoms with Crippen molar-refractivity contribution >= 4 is 23.1 Å². The smallest absolute Gasteiger partial charge is 0.155 e. The average Bonchev–Trinajstić information content (AvgIpc) is 2.38. The zero-order valence-electron chi connectivity index (χ0n) is 9.27. The van der Waals surface area contributed by atoms with Crippen molar-refractivity contribution in [2.24, 2.45) is 0 Å². The quantitative estimate of drug-likeness (QED) is 0.785. The normalized spacial score (nSPS) is 10.3. The van der Waals surface area contributed by atoms with Gasteiger partial charge < -0.3 is 4.90 Å². The molecule has 0 fully saturated rings. The Morgan fingerprint density at radius 1 is 1.24 bits per heavy atom. The molecule has 2 aromatic rings. The minimum atomic E-state index is -0.278. The highest BCUT2D eigenvalue weighted by Crippen LogP contribution is 2.21. The maximum atomic E-state index is 13.1. The van der Waals surface area contributed by atoms with E-state index in [0.717, 1.165) is 5.69 Å². The van der Waals surface area contributed by atoms with Gasteiger partial charge in [0.2, 0.25) is 0 Å². The number of halogens is 2. The molecule has 0 aliphatic heterocycles. The van der Waals surface area contributed by atoms with Gasteiger partial charge in [0, 0.05) is 12.7 Å². The van der Waals surface area contributed by atoms with Crippen LogP contribution in [0.1, 0.15) is 5.69 Å². The van der Waals surface area contributed by atoms with Gasteiger partial charge in [-0.15, -0.1) is 16.7 Å². The SMILES string of the molecule is CN(c1cccc(F)c1)c1ccc(CCl)nn1. The van der Waals surface area contributed by atoms with E-state index in [9.17, 15) is 4.39 Å². The second-order valence-corrected chi connectivity index (χ2v) is 3.82. The van der Waals surface area contributed by atoms with Gasteiger partial charge in [0.25, 0.3) is 0 Å². The number of hydrogen-bond donors (Lipinski definition) is 0. The highest BCUT2D eigenvalue weighted by molar-refractivity contribution is 6.16. The Bertz CT molecular complexity index is 501. The molecule has 0 atom stereocenters. The van der Waals surface area contributed by atoms with Crippen LogP contribution in [0.2, 0.25) is 0 Å². The predicted octanol–water partition coefficient (Wildman–Crippen LogP) is 3.12. The van der Waals surface area contributed by atoms with Gasteiger partial charge in [-0.1, -0.05) is 6.07 Å². The van der Waals surface area contributed by atoms with Gasteiger partial charge >= 0.3 is 0 Å². The molecule has 1 aromatic carbocycles. The van der Waals surface area contributed by atoms with Gasteiger partial charge in [-0.2, -0.15) is 5.10 Å². The van der Waals surface area contributed by atoms with Crippen molar-refractivity contribution in [3.63, 3.8) is 0 Å². The van der Waals surface area contributed by atoms with Crippen LogP contribution in [0.15, 0.2) is 36.4 Å². The first kappa shape index (κ1) is 11.8. The summed E-state index contributed by atoms with van der Waals surface area (Å²) in [7, 11) is 1.80. The number of nitrogens with zero attached hydrogens (tertiary/aromatic N) is 3. The minimum absolute atomic E-state index is 0.278. The van der Waals surface area contributed by atoms with Crippen LogP contribution in [-0.4, -0.2) is 17.2 Å². The summed E-state index contributed by atoms with van der Waals surface area (Å²) in [6, 6.07) is 9.90. The van der Waals surface area contributed by atoms with Crippen molar-refractivity contribution in [1.82, 2.24) is 10.2 Å². The molecule has 1 aromatic heterocycles. The Morgan fingerprint density at radius 2 is 2.06 bits per heavy atom. The van der Waals surface area contributed by atoms with Gasteiger partial charge in [0.05, 0.1) is 11.6 Å². The van der Waals surface area contributed by atoms with Gasteiger partial charge in [-0.05, 0) is 30.3 Å². The van der Waals surface area contributed by atoms with Crippen molar-refractivity contribution in [3.05, 3.63) is 47.9 Å². The van der Waals surface area contributed by atoms with Crippen molar-refractivity contribution in [3.8, 4) is 0 Å². The molecule has 0 radical (unpaired) electrons. The highest BCUT2D eigenvalue weighted by atomic mass is 35.5. The topological polar surface area (TPSA) is 29.0 Å². The summed E-state index contributed by atoms with van der Waals surface area (Å²) in [6.07, 6.45) is 0. The molecular weight excluding hydrogens is 241 g/mol. The van der Waals surface area contributed by atoms with Crippen molar-refractivity contribution in [2.45, 2.75) is 5.88 Å². The largest absolute Gasteiger partial charge is 0.328 e. The molecule has 2 rings (SSSR count). The first-order valence-electron chi connectivity index (χ1n) is 5.08. The summed E-state index contributed by atoms with van der Waals surface area (Å²) in [5.41, 5.74) is 1.43. The number of anilines is 2. The van der Waals surface area contributed by atoms with Crippen molar-refractivity contribution in [1.29, 1.82) is 0 Å². The Morgan fingerprint density at radius 3 is 2.65 bits per heavy atom. The zero-order valence-corrected chi connectivity index (χ0v) is 10.0. The molecule has 17 heavy (non-hydrogen) atoms. The maximum absolute atomic E-state index is 13.1. The van der Waals surface area contributed by atoms with Crippen LogP contribution in [0.25, 0.3) is 0 Å². The monoisotopic (exact) mass is 251 g/mol. The molecule has 0 bridgehead atoms. The van der Waals surface area contributed by atoms with Gasteiger partial charge in [0.1, 0.15) is 5.82 Å². The van der Waals surface area contributed by atoms with E-state index in [1.807, 2.05) is 0 Å². The summed E-state index contributed by atoms with van der Waals surface area (Å²) >= 11 is 5.63. The lowest BCUT2D eigenvalue weighted by Crippen LogP contribution is -2.12. The lowest BCUT2D eigenvalue weighted by atomic mass is 10.3. The number of benzene rings is 1. The molecule has 0 unspecified atom stereocenters. The first-order valence-corrected chi connectivity index (χ1v) is 5.62. The molecule has 3 nitrogen and oxygen atoms in total. The number of rotatable bonds is 3. The Balaban J connectivity index is 2.27. The third-order valence-electron chi connectivity index (χ3n) is 2.38. The molecular formula is C12H11ClFN3. The third-order valence-corrected chi connectivity index (χ3v) is 2.66. The van der Waals surface area contributed by atoms with Gasteiger partial charge in [-0.3, -0.25) is 0 Å². The molecule has 88 valence electrons. The first-order chi connectivity index (χ1) is 8.20.